The highest BCUT2D eigenvalue weighted by atomic mass is 16.6. The largest absolute Gasteiger partial charge is 0.389 e. The molecule has 0 saturated heterocycles. The van der Waals surface area contributed by atoms with Gasteiger partial charge in [-0.1, -0.05) is 32.6 Å². The Balaban J connectivity index is 3.61. The molecule has 0 heterocycles. The van der Waals surface area contributed by atoms with Crippen LogP contribution in [0.2, 0.25) is 0 Å². The van der Waals surface area contributed by atoms with Crippen LogP contribution in [0.15, 0.2) is 0 Å². The standard InChI is InChI=1S/C13H26NO3/c1-5-6-7-8-9-10-12(15)17-13(16)11-14(2,3)4/h5-11H2,1-4H3/q+1. The zero-order valence-electron chi connectivity index (χ0n) is 11.6. The summed E-state index contributed by atoms with van der Waals surface area (Å²) in [6.45, 7) is 2.37. The van der Waals surface area contributed by atoms with Crippen LogP contribution in [0.3, 0.4) is 0 Å². The lowest BCUT2D eigenvalue weighted by Crippen LogP contribution is -2.40. The van der Waals surface area contributed by atoms with E-state index in [0.29, 0.717) is 10.9 Å². The minimum atomic E-state index is -0.434. The van der Waals surface area contributed by atoms with Crippen molar-refractivity contribution in [1.82, 2.24) is 0 Å². The van der Waals surface area contributed by atoms with Crippen LogP contribution in [-0.2, 0) is 14.3 Å². The fourth-order valence-electron chi connectivity index (χ4n) is 1.47. The number of carbonyl (C=O) groups is 2. The molecule has 100 valence electrons. The third kappa shape index (κ3) is 11.4. The number of quaternary nitrogens is 1. The smallest absolute Gasteiger partial charge is 0.369 e. The van der Waals surface area contributed by atoms with Crippen LogP contribution < -0.4 is 0 Å². The third-order valence-corrected chi connectivity index (χ3v) is 2.32. The maximum absolute atomic E-state index is 11.3. The van der Waals surface area contributed by atoms with Gasteiger partial charge in [-0.2, -0.15) is 0 Å². The van der Waals surface area contributed by atoms with E-state index < -0.39 is 5.97 Å². The first-order valence-corrected chi connectivity index (χ1v) is 6.39. The Morgan fingerprint density at radius 2 is 1.53 bits per heavy atom. The van der Waals surface area contributed by atoms with E-state index in [2.05, 4.69) is 6.92 Å². The van der Waals surface area contributed by atoms with Crippen LogP contribution in [0.4, 0.5) is 0 Å². The van der Waals surface area contributed by atoms with E-state index in [-0.39, 0.29) is 12.5 Å². The summed E-state index contributed by atoms with van der Waals surface area (Å²) in [5.74, 6) is -0.823. The minimum Gasteiger partial charge on any atom is -0.389 e. The first-order chi connectivity index (χ1) is 7.85. The Bertz CT molecular complexity index is 244. The summed E-state index contributed by atoms with van der Waals surface area (Å²) in [5, 5.41) is 0. The summed E-state index contributed by atoms with van der Waals surface area (Å²) in [6, 6.07) is 0. The molecule has 0 N–H and O–H groups in total. The molecule has 0 atom stereocenters. The molecule has 0 aliphatic rings. The lowest BCUT2D eigenvalue weighted by molar-refractivity contribution is -0.862. The molecule has 0 aromatic heterocycles. The van der Waals surface area contributed by atoms with Gasteiger partial charge in [0, 0.05) is 6.42 Å². The second kappa shape index (κ2) is 8.23. The number of carbonyl (C=O) groups excluding carboxylic acids is 2. The molecule has 4 heteroatoms. The van der Waals surface area contributed by atoms with Crippen molar-refractivity contribution in [3.05, 3.63) is 0 Å². The summed E-state index contributed by atoms with van der Waals surface area (Å²) in [6.07, 6.45) is 5.74. The molecular weight excluding hydrogens is 218 g/mol. The minimum absolute atomic E-state index is 0.224. The van der Waals surface area contributed by atoms with E-state index >= 15 is 0 Å². The van der Waals surface area contributed by atoms with E-state index in [4.69, 9.17) is 4.74 Å². The summed E-state index contributed by atoms with van der Waals surface area (Å²) in [4.78, 5) is 22.7. The molecule has 0 rings (SSSR count). The molecule has 0 aliphatic heterocycles. The maximum Gasteiger partial charge on any atom is 0.369 e. The van der Waals surface area contributed by atoms with Crippen molar-refractivity contribution in [1.29, 1.82) is 0 Å². The number of ether oxygens (including phenoxy) is 1. The van der Waals surface area contributed by atoms with Crippen molar-refractivity contribution in [2.75, 3.05) is 27.7 Å². The molecule has 17 heavy (non-hydrogen) atoms. The highest BCUT2D eigenvalue weighted by Crippen LogP contribution is 2.06. The first kappa shape index (κ1) is 16.1. The van der Waals surface area contributed by atoms with Crippen LogP contribution >= 0.6 is 0 Å². The normalized spacial score (nSPS) is 11.3. The second-order valence-electron chi connectivity index (χ2n) is 5.46. The van der Waals surface area contributed by atoms with E-state index in [1.807, 2.05) is 21.1 Å². The Labute approximate surface area is 105 Å². The second-order valence-corrected chi connectivity index (χ2v) is 5.46. The Morgan fingerprint density at radius 1 is 0.941 bits per heavy atom. The Morgan fingerprint density at radius 3 is 2.06 bits per heavy atom. The Hall–Kier alpha value is -0.900. The number of nitrogens with zero attached hydrogens (tertiary/aromatic N) is 1. The van der Waals surface area contributed by atoms with E-state index in [1.54, 1.807) is 0 Å². The molecular formula is C13H26NO3+. The molecule has 4 nitrogen and oxygen atoms in total. The summed E-state index contributed by atoms with van der Waals surface area (Å²) in [5.41, 5.74) is 0. The number of hydrogen-bond acceptors (Lipinski definition) is 3. The van der Waals surface area contributed by atoms with Gasteiger partial charge >= 0.3 is 11.9 Å². The molecule has 0 fully saturated rings. The summed E-state index contributed by atoms with van der Waals surface area (Å²) in [7, 11) is 5.66. The van der Waals surface area contributed by atoms with Crippen LogP contribution in [0.25, 0.3) is 0 Å². The quantitative estimate of drug-likeness (QED) is 0.284. The van der Waals surface area contributed by atoms with Crippen molar-refractivity contribution in [2.45, 2.75) is 45.4 Å². The van der Waals surface area contributed by atoms with Crippen LogP contribution in [0.1, 0.15) is 45.4 Å². The average molecular weight is 244 g/mol. The van der Waals surface area contributed by atoms with Gasteiger partial charge in [0.05, 0.1) is 21.1 Å². The number of esters is 2. The lowest BCUT2D eigenvalue weighted by atomic mass is 10.1. The van der Waals surface area contributed by atoms with Gasteiger partial charge < -0.3 is 9.22 Å². The third-order valence-electron chi connectivity index (χ3n) is 2.32. The van der Waals surface area contributed by atoms with Crippen LogP contribution in [0.5, 0.6) is 0 Å². The maximum atomic E-state index is 11.3. The topological polar surface area (TPSA) is 43.4 Å². The van der Waals surface area contributed by atoms with Gasteiger partial charge in [-0.05, 0) is 6.42 Å². The number of rotatable bonds is 8. The van der Waals surface area contributed by atoms with Crippen LogP contribution in [-0.4, -0.2) is 44.1 Å². The summed E-state index contributed by atoms with van der Waals surface area (Å²) >= 11 is 0. The van der Waals surface area contributed by atoms with Crippen LogP contribution in [0, 0.1) is 0 Å². The molecule has 0 aromatic rings. The van der Waals surface area contributed by atoms with E-state index in [1.165, 1.54) is 12.8 Å². The molecule has 0 spiro atoms. The number of hydrogen-bond donors (Lipinski definition) is 0. The SMILES string of the molecule is CCCCCCCC(=O)OC(=O)C[N+](C)(C)C. The number of unbranched alkanes of at least 4 members (excludes halogenated alkanes) is 4. The molecule has 0 unspecified atom stereocenters. The number of likely N-dealkylation sites (N-methyl/N-ethyl adjacent to an activating group) is 1. The van der Waals surface area contributed by atoms with Crippen molar-refractivity contribution >= 4 is 11.9 Å². The van der Waals surface area contributed by atoms with Crippen molar-refractivity contribution < 1.29 is 18.8 Å². The van der Waals surface area contributed by atoms with Gasteiger partial charge in [-0.15, -0.1) is 0 Å². The monoisotopic (exact) mass is 244 g/mol. The van der Waals surface area contributed by atoms with Gasteiger partial charge in [0.1, 0.15) is 0 Å². The van der Waals surface area contributed by atoms with Crippen molar-refractivity contribution in [3.8, 4) is 0 Å². The molecule has 0 aromatic carbocycles. The zero-order chi connectivity index (χ0) is 13.3. The Kier molecular flexibility index (Phi) is 7.79. The molecule has 0 aliphatic carbocycles. The zero-order valence-corrected chi connectivity index (χ0v) is 11.6. The average Bonchev–Trinajstić information content (AvgIpc) is 2.14. The van der Waals surface area contributed by atoms with Gasteiger partial charge in [-0.3, -0.25) is 4.79 Å². The molecule has 0 saturated carbocycles. The van der Waals surface area contributed by atoms with Gasteiger partial charge in [0.2, 0.25) is 0 Å². The first-order valence-electron chi connectivity index (χ1n) is 6.39. The fourth-order valence-corrected chi connectivity index (χ4v) is 1.47. The summed E-state index contributed by atoms with van der Waals surface area (Å²) < 4.78 is 5.21. The van der Waals surface area contributed by atoms with Gasteiger partial charge in [0.15, 0.2) is 6.54 Å². The van der Waals surface area contributed by atoms with Crippen molar-refractivity contribution in [2.24, 2.45) is 0 Å². The predicted octanol–water partition coefficient (Wildman–Crippen LogP) is 2.12. The fraction of sp³-hybridized carbons (Fsp3) is 0.846. The highest BCUT2D eigenvalue weighted by Gasteiger charge is 2.18. The highest BCUT2D eigenvalue weighted by molar-refractivity contribution is 5.85. The van der Waals surface area contributed by atoms with Gasteiger partial charge in [0.25, 0.3) is 0 Å². The lowest BCUT2D eigenvalue weighted by Gasteiger charge is -2.21. The molecule has 0 bridgehead atoms. The van der Waals surface area contributed by atoms with Crippen molar-refractivity contribution in [3.63, 3.8) is 0 Å². The predicted molar refractivity (Wildman–Crippen MR) is 67.4 cm³/mol. The van der Waals surface area contributed by atoms with Gasteiger partial charge in [-0.25, -0.2) is 4.79 Å². The molecule has 0 amide bonds. The van der Waals surface area contributed by atoms with E-state index in [9.17, 15) is 9.59 Å². The van der Waals surface area contributed by atoms with E-state index in [0.717, 1.165) is 19.3 Å². The molecule has 0 radical (unpaired) electrons.